The van der Waals surface area contributed by atoms with Crippen molar-refractivity contribution in [2.75, 3.05) is 0 Å². The summed E-state index contributed by atoms with van der Waals surface area (Å²) < 4.78 is 6.17. The van der Waals surface area contributed by atoms with E-state index in [2.05, 4.69) is 167 Å². The minimum absolute atomic E-state index is 0.0155. The summed E-state index contributed by atoms with van der Waals surface area (Å²) in [4.78, 5) is 0. The van der Waals surface area contributed by atoms with Crippen LogP contribution in [0.3, 0.4) is 0 Å². The van der Waals surface area contributed by atoms with Crippen molar-refractivity contribution in [2.45, 2.75) is 52.4 Å². The molecule has 0 N–H and O–H groups in total. The minimum atomic E-state index is -0.0155. The molecule has 3 aromatic rings. The first-order valence-corrected chi connectivity index (χ1v) is 12.8. The number of halogens is 2. The van der Waals surface area contributed by atoms with Crippen molar-refractivity contribution in [3.63, 3.8) is 0 Å². The maximum Gasteiger partial charge on any atom is 0.0335 e. The Balaban J connectivity index is 2.27. The fourth-order valence-corrected chi connectivity index (χ4v) is 4.45. The summed E-state index contributed by atoms with van der Waals surface area (Å²) in [7, 11) is 0. The molecular formula is C30H28I2. The molecule has 0 unspecified atom stereocenters. The Kier molecular flexibility index (Phi) is 7.79. The lowest BCUT2D eigenvalue weighted by Gasteiger charge is -2.23. The molecule has 0 amide bonds. The minimum Gasteiger partial charge on any atom is -0.0616 e. The van der Waals surface area contributed by atoms with Gasteiger partial charge in [0.05, 0.1) is 0 Å². The van der Waals surface area contributed by atoms with Crippen molar-refractivity contribution in [3.05, 3.63) is 82.9 Å². The molecule has 3 rings (SSSR count). The lowest BCUT2D eigenvalue weighted by molar-refractivity contribution is 0.588. The quantitative estimate of drug-likeness (QED) is 0.193. The van der Waals surface area contributed by atoms with E-state index in [-0.39, 0.29) is 10.8 Å². The van der Waals surface area contributed by atoms with Gasteiger partial charge in [0.15, 0.2) is 0 Å². The lowest BCUT2D eigenvalue weighted by atomic mass is 9.80. The summed E-state index contributed by atoms with van der Waals surface area (Å²) in [5.41, 5.74) is 9.53. The Labute approximate surface area is 220 Å². The topological polar surface area (TPSA) is 0 Å². The number of hydrogen-bond donors (Lipinski definition) is 0. The molecule has 2 heteroatoms. The van der Waals surface area contributed by atoms with Gasteiger partial charge in [-0.25, -0.2) is 0 Å². The van der Waals surface area contributed by atoms with E-state index in [0.717, 1.165) is 16.7 Å². The highest BCUT2D eigenvalue weighted by molar-refractivity contribution is 14.1. The van der Waals surface area contributed by atoms with Crippen LogP contribution in [0.15, 0.2) is 60.7 Å². The Hall–Kier alpha value is -1.76. The Morgan fingerprint density at radius 2 is 1.16 bits per heavy atom. The molecular weight excluding hydrogens is 614 g/mol. The van der Waals surface area contributed by atoms with Gasteiger partial charge in [-0.3, -0.25) is 0 Å². The summed E-state index contributed by atoms with van der Waals surface area (Å²) in [6.45, 7) is 13.4. The summed E-state index contributed by atoms with van der Waals surface area (Å²) in [5.74, 6) is 6.68. The third-order valence-corrected chi connectivity index (χ3v) is 6.15. The highest BCUT2D eigenvalue weighted by Gasteiger charge is 2.21. The van der Waals surface area contributed by atoms with E-state index in [1.165, 1.54) is 27.8 Å². The van der Waals surface area contributed by atoms with Crippen LogP contribution in [-0.2, 0) is 10.8 Å². The molecule has 0 aliphatic carbocycles. The van der Waals surface area contributed by atoms with Crippen molar-refractivity contribution >= 4 is 45.2 Å². The molecule has 0 saturated carbocycles. The highest BCUT2D eigenvalue weighted by atomic mass is 127. The third-order valence-electron chi connectivity index (χ3n) is 5.61. The van der Waals surface area contributed by atoms with Gasteiger partial charge in [0.25, 0.3) is 0 Å². The first-order chi connectivity index (χ1) is 15.1. The average molecular weight is 642 g/mol. The zero-order valence-corrected chi connectivity index (χ0v) is 23.8. The fraction of sp³-hybridized carbons (Fsp3) is 0.267. The van der Waals surface area contributed by atoms with E-state index in [1.807, 2.05) is 0 Å². The van der Waals surface area contributed by atoms with Crippen molar-refractivity contribution in [2.24, 2.45) is 0 Å². The molecule has 162 valence electrons. The lowest BCUT2D eigenvalue weighted by Crippen LogP contribution is -2.14. The predicted molar refractivity (Wildman–Crippen MR) is 157 cm³/mol. The molecule has 0 atom stereocenters. The second-order valence-corrected chi connectivity index (χ2v) is 11.1. The van der Waals surface area contributed by atoms with Gasteiger partial charge >= 0.3 is 0 Å². The monoisotopic (exact) mass is 642 g/mol. The van der Waals surface area contributed by atoms with Crippen LogP contribution in [0.4, 0.5) is 0 Å². The normalized spacial score (nSPS) is 11.2. The highest BCUT2D eigenvalue weighted by Crippen LogP contribution is 2.38. The first kappa shape index (κ1) is 24.9. The second kappa shape index (κ2) is 10.0. The van der Waals surface area contributed by atoms with Crippen molar-refractivity contribution < 1.29 is 0 Å². The number of hydrogen-bond acceptors (Lipinski definition) is 0. The van der Waals surface area contributed by atoms with E-state index in [0.29, 0.717) is 0 Å². The van der Waals surface area contributed by atoms with E-state index in [4.69, 9.17) is 0 Å². The molecule has 0 bridgehead atoms. The van der Waals surface area contributed by atoms with Crippen molar-refractivity contribution in [1.82, 2.24) is 0 Å². The Bertz CT molecular complexity index is 1240. The van der Waals surface area contributed by atoms with Gasteiger partial charge in [-0.1, -0.05) is 102 Å². The molecule has 0 aromatic heterocycles. The zero-order chi connectivity index (χ0) is 23.5. The molecule has 3 aromatic carbocycles. The van der Waals surface area contributed by atoms with Crippen LogP contribution >= 0.6 is 45.2 Å². The van der Waals surface area contributed by atoms with E-state index >= 15 is 0 Å². The van der Waals surface area contributed by atoms with E-state index in [9.17, 15) is 0 Å². The molecule has 0 radical (unpaired) electrons. The van der Waals surface area contributed by atoms with Gasteiger partial charge < -0.3 is 0 Å². The molecule has 32 heavy (non-hydrogen) atoms. The fourth-order valence-electron chi connectivity index (χ4n) is 3.87. The second-order valence-electron chi connectivity index (χ2n) is 10.0. The van der Waals surface area contributed by atoms with Crippen molar-refractivity contribution in [1.29, 1.82) is 0 Å². The summed E-state index contributed by atoms with van der Waals surface area (Å²) in [6.07, 6.45) is 0. The summed E-state index contributed by atoms with van der Waals surface area (Å²) in [6, 6.07) is 22.0. The molecule has 0 aliphatic rings. The van der Waals surface area contributed by atoms with E-state index < -0.39 is 0 Å². The zero-order valence-electron chi connectivity index (χ0n) is 19.5. The van der Waals surface area contributed by atoms with Crippen molar-refractivity contribution in [3.8, 4) is 41.9 Å². The third kappa shape index (κ3) is 5.59. The van der Waals surface area contributed by atoms with Crippen LogP contribution in [0.2, 0.25) is 0 Å². The standard InChI is InChI=1S/C30H28I2/c1-29(2,3)24-13-11-21(12-14-24)25-9-7-8-10-26(25)27-19-23(16-18-32)28(30(4,5)6)20-22(27)15-17-31/h7-14,19-20H,1-6H3. The Morgan fingerprint density at radius 1 is 0.594 bits per heavy atom. The molecule has 0 nitrogen and oxygen atoms in total. The van der Waals surface area contributed by atoms with Gasteiger partial charge in [0, 0.05) is 56.3 Å². The van der Waals surface area contributed by atoms with Gasteiger partial charge in [0.1, 0.15) is 0 Å². The molecule has 0 heterocycles. The largest absolute Gasteiger partial charge is 0.0616 e. The number of rotatable bonds is 2. The van der Waals surface area contributed by atoms with Crippen LogP contribution in [-0.4, -0.2) is 0 Å². The van der Waals surface area contributed by atoms with Gasteiger partial charge in [-0.15, -0.1) is 0 Å². The molecule has 0 aliphatic heterocycles. The van der Waals surface area contributed by atoms with Crippen LogP contribution in [0.25, 0.3) is 22.3 Å². The first-order valence-electron chi connectivity index (χ1n) is 10.7. The van der Waals surface area contributed by atoms with Gasteiger partial charge in [-0.2, -0.15) is 0 Å². The Morgan fingerprint density at radius 3 is 1.69 bits per heavy atom. The molecule has 0 spiro atoms. The maximum absolute atomic E-state index is 3.35. The number of benzene rings is 3. The van der Waals surface area contributed by atoms with Gasteiger partial charge in [0.2, 0.25) is 0 Å². The SMILES string of the molecule is CC(C)(C)c1ccc(-c2ccccc2-c2cc(C#CI)c(C(C)(C)C)cc2C#CI)cc1. The van der Waals surface area contributed by atoms with Gasteiger partial charge in [-0.05, 0) is 64.2 Å². The smallest absolute Gasteiger partial charge is 0.0335 e. The molecule has 0 fully saturated rings. The van der Waals surface area contributed by atoms with Crippen LogP contribution in [0, 0.1) is 19.7 Å². The molecule has 0 saturated heterocycles. The average Bonchev–Trinajstić information content (AvgIpc) is 2.73. The van der Waals surface area contributed by atoms with Crippen LogP contribution < -0.4 is 0 Å². The summed E-state index contributed by atoms with van der Waals surface area (Å²) in [5, 5.41) is 0. The van der Waals surface area contributed by atoms with Crippen LogP contribution in [0.1, 0.15) is 63.8 Å². The summed E-state index contributed by atoms with van der Waals surface area (Å²) >= 11 is 4.25. The van der Waals surface area contributed by atoms with Crippen LogP contribution in [0.5, 0.6) is 0 Å². The van der Waals surface area contributed by atoms with E-state index in [1.54, 1.807) is 0 Å². The maximum atomic E-state index is 3.35. The predicted octanol–water partition coefficient (Wildman–Crippen LogP) is 9.10.